The number of carbonyl (C=O) groups excluding carboxylic acids is 1. The summed E-state index contributed by atoms with van der Waals surface area (Å²) in [5, 5.41) is -1.19. The Labute approximate surface area is 225 Å². The van der Waals surface area contributed by atoms with E-state index < -0.39 is 51.0 Å². The van der Waals surface area contributed by atoms with E-state index in [1.54, 1.807) is 0 Å². The van der Waals surface area contributed by atoms with Crippen LogP contribution in [0.4, 0.5) is 0 Å². The van der Waals surface area contributed by atoms with E-state index in [9.17, 15) is 43.7 Å². The van der Waals surface area contributed by atoms with Crippen LogP contribution in [0.1, 0.15) is 51.9 Å². The van der Waals surface area contributed by atoms with Gasteiger partial charge >= 0.3 is 5.97 Å². The van der Waals surface area contributed by atoms with E-state index in [1.807, 2.05) is 0 Å². The van der Waals surface area contributed by atoms with Gasteiger partial charge in [-0.3, -0.25) is 4.79 Å². The van der Waals surface area contributed by atoms with Gasteiger partial charge in [-0.1, -0.05) is 57.2 Å². The third-order valence-electron chi connectivity index (χ3n) is 6.51. The summed E-state index contributed by atoms with van der Waals surface area (Å²) in [6.45, 7) is 2.07. The summed E-state index contributed by atoms with van der Waals surface area (Å²) in [5.74, 6) is -1.04. The zero-order valence-electron chi connectivity index (χ0n) is 20.6. The van der Waals surface area contributed by atoms with Gasteiger partial charge < -0.3 is 18.4 Å². The van der Waals surface area contributed by atoms with Crippen LogP contribution in [0.5, 0.6) is 5.75 Å². The van der Waals surface area contributed by atoms with Crippen LogP contribution in [0.25, 0.3) is 32.3 Å². The van der Waals surface area contributed by atoms with Crippen molar-refractivity contribution in [3.63, 3.8) is 0 Å². The molecule has 0 bridgehead atoms. The first-order valence-corrected chi connectivity index (χ1v) is 16.2. The van der Waals surface area contributed by atoms with Gasteiger partial charge in [0.05, 0.1) is 14.7 Å². The predicted molar refractivity (Wildman–Crippen MR) is 138 cm³/mol. The molecule has 0 N–H and O–H groups in total. The van der Waals surface area contributed by atoms with E-state index in [1.165, 1.54) is 6.07 Å². The van der Waals surface area contributed by atoms with Gasteiger partial charge in [-0.05, 0) is 24.6 Å². The highest BCUT2D eigenvalue weighted by Gasteiger charge is 2.24. The first-order valence-electron chi connectivity index (χ1n) is 12.0. The molecule has 4 aromatic carbocycles. The monoisotopic (exact) mass is 595 g/mol. The maximum Gasteiger partial charge on any atom is 0.311 e. The Balaban J connectivity index is 1.97. The molecule has 0 aliphatic heterocycles. The van der Waals surface area contributed by atoms with Crippen LogP contribution < -0.4 is 4.74 Å². The van der Waals surface area contributed by atoms with Crippen LogP contribution in [-0.4, -0.2) is 44.9 Å². The van der Waals surface area contributed by atoms with Gasteiger partial charge in [-0.25, -0.2) is 25.3 Å². The maximum absolute atomic E-state index is 12.6. The molecule has 0 aliphatic rings. The smallest absolute Gasteiger partial charge is 0.311 e. The molecule has 0 aliphatic carbocycles. The average molecular weight is 596 g/mol. The molecular formula is C25H23O11S3-3. The van der Waals surface area contributed by atoms with E-state index in [0.717, 1.165) is 56.4 Å². The van der Waals surface area contributed by atoms with Gasteiger partial charge in [0.25, 0.3) is 0 Å². The van der Waals surface area contributed by atoms with Crippen molar-refractivity contribution < 1.29 is 48.4 Å². The van der Waals surface area contributed by atoms with E-state index in [-0.39, 0.29) is 44.5 Å². The second-order valence-electron chi connectivity index (χ2n) is 9.17. The summed E-state index contributed by atoms with van der Waals surface area (Å²) in [6.07, 6.45) is 5.37. The molecule has 39 heavy (non-hydrogen) atoms. The third kappa shape index (κ3) is 5.85. The molecule has 0 amide bonds. The zero-order chi connectivity index (χ0) is 28.8. The molecule has 210 valence electrons. The second-order valence-corrected chi connectivity index (χ2v) is 13.2. The van der Waals surface area contributed by atoms with E-state index in [2.05, 4.69) is 6.92 Å². The Morgan fingerprint density at radius 3 is 1.54 bits per heavy atom. The first-order chi connectivity index (χ1) is 18.1. The Morgan fingerprint density at radius 2 is 1.05 bits per heavy atom. The number of ether oxygens (including phenoxy) is 1. The fraction of sp³-hybridized carbons (Fsp3) is 0.320. The summed E-state index contributed by atoms with van der Waals surface area (Å²) in [5.41, 5.74) is 0. The summed E-state index contributed by atoms with van der Waals surface area (Å²) in [7, 11) is -15.8. The number of hydrogen-bond donors (Lipinski definition) is 0. The fourth-order valence-corrected chi connectivity index (χ4v) is 6.96. The Morgan fingerprint density at radius 1 is 0.641 bits per heavy atom. The van der Waals surface area contributed by atoms with Crippen LogP contribution in [0, 0.1) is 0 Å². The molecule has 0 spiro atoms. The largest absolute Gasteiger partial charge is 0.744 e. The number of carbonyl (C=O) groups is 1. The molecule has 0 saturated carbocycles. The summed E-state index contributed by atoms with van der Waals surface area (Å²) < 4.78 is 114. The van der Waals surface area contributed by atoms with Crippen LogP contribution in [0.2, 0.25) is 0 Å². The minimum atomic E-state index is -5.32. The van der Waals surface area contributed by atoms with Crippen molar-refractivity contribution in [2.45, 2.75) is 66.6 Å². The van der Waals surface area contributed by atoms with Crippen molar-refractivity contribution in [1.82, 2.24) is 0 Å². The zero-order valence-corrected chi connectivity index (χ0v) is 23.1. The average Bonchev–Trinajstić information content (AvgIpc) is 2.82. The lowest BCUT2D eigenvalue weighted by Gasteiger charge is -2.22. The Kier molecular flexibility index (Phi) is 7.91. The minimum Gasteiger partial charge on any atom is -0.744 e. The van der Waals surface area contributed by atoms with Crippen molar-refractivity contribution in [2.75, 3.05) is 0 Å². The molecular weight excluding hydrogens is 572 g/mol. The van der Waals surface area contributed by atoms with Crippen LogP contribution in [-0.2, 0) is 35.1 Å². The van der Waals surface area contributed by atoms with Gasteiger partial charge in [-0.15, -0.1) is 0 Å². The van der Waals surface area contributed by atoms with Crippen molar-refractivity contribution >= 4 is 68.6 Å². The number of benzene rings is 4. The maximum atomic E-state index is 12.6. The number of rotatable bonds is 11. The van der Waals surface area contributed by atoms with Crippen LogP contribution in [0.3, 0.4) is 0 Å². The number of hydrogen-bond acceptors (Lipinski definition) is 11. The molecule has 0 aromatic heterocycles. The lowest BCUT2D eigenvalue weighted by molar-refractivity contribution is -0.134. The number of unbranched alkanes of at least 4 members (excludes halogenated alkanes) is 5. The van der Waals surface area contributed by atoms with E-state index in [0.29, 0.717) is 12.5 Å². The first kappa shape index (κ1) is 29.1. The molecule has 0 fully saturated rings. The Bertz CT molecular complexity index is 1860. The molecule has 0 atom stereocenters. The summed E-state index contributed by atoms with van der Waals surface area (Å²) in [6, 6.07) is 5.90. The summed E-state index contributed by atoms with van der Waals surface area (Å²) in [4.78, 5) is 9.75. The lowest BCUT2D eigenvalue weighted by Crippen LogP contribution is -2.10. The van der Waals surface area contributed by atoms with Crippen LogP contribution in [0.15, 0.2) is 51.1 Å². The fourth-order valence-electron chi connectivity index (χ4n) is 4.79. The molecule has 0 unspecified atom stereocenters. The van der Waals surface area contributed by atoms with Gasteiger partial charge in [0.2, 0.25) is 0 Å². The molecule has 14 heteroatoms. The molecule has 0 radical (unpaired) electrons. The van der Waals surface area contributed by atoms with Gasteiger partial charge in [0.1, 0.15) is 36.1 Å². The second kappa shape index (κ2) is 10.6. The normalized spacial score (nSPS) is 13.0. The molecule has 4 rings (SSSR count). The van der Waals surface area contributed by atoms with E-state index in [4.69, 9.17) is 4.74 Å². The van der Waals surface area contributed by atoms with Crippen molar-refractivity contribution in [2.24, 2.45) is 0 Å². The highest BCUT2D eigenvalue weighted by atomic mass is 32.2. The predicted octanol–water partition coefficient (Wildman–Crippen LogP) is 3.95. The highest BCUT2D eigenvalue weighted by molar-refractivity contribution is 7.87. The van der Waals surface area contributed by atoms with Gasteiger partial charge in [-0.2, -0.15) is 0 Å². The van der Waals surface area contributed by atoms with Gasteiger partial charge in [0.15, 0.2) is 0 Å². The topological polar surface area (TPSA) is 198 Å². The molecule has 11 nitrogen and oxygen atoms in total. The highest BCUT2D eigenvalue weighted by Crippen LogP contribution is 2.45. The third-order valence-corrected chi connectivity index (χ3v) is 9.14. The van der Waals surface area contributed by atoms with Crippen molar-refractivity contribution in [3.05, 3.63) is 36.4 Å². The van der Waals surface area contributed by atoms with Gasteiger partial charge in [0, 0.05) is 38.7 Å². The standard InChI is InChI=1S/C25H26O11S3/c1-2-3-4-5-6-7-8-23(26)36-19-13-20(37(27,28)29)16-11-12-18-22(39(33,34)35)14-21(38(30,31)32)17-10-9-15(19)24(16)25(17)18/h9-14H,2-8H2,1H3,(H,27,28,29)(H,30,31,32)(H,33,34,35)/p-3. The minimum absolute atomic E-state index is 0.00467. The molecule has 4 aromatic rings. The lowest BCUT2D eigenvalue weighted by atomic mass is 9.93. The number of esters is 1. The molecule has 0 saturated heterocycles. The van der Waals surface area contributed by atoms with E-state index >= 15 is 0 Å². The quantitative estimate of drug-likeness (QED) is 0.0799. The van der Waals surface area contributed by atoms with Crippen LogP contribution >= 0.6 is 0 Å². The SMILES string of the molecule is CCCCCCCCC(=O)Oc1cc(S(=O)(=O)[O-])c2ccc3c(S(=O)(=O)[O-])cc(S(=O)(=O)[O-])c4ccc1c2c43. The molecule has 0 heterocycles. The van der Waals surface area contributed by atoms with Crippen molar-refractivity contribution in [1.29, 1.82) is 0 Å². The Hall–Kier alpha value is -2.88. The van der Waals surface area contributed by atoms with Crippen molar-refractivity contribution in [3.8, 4) is 5.75 Å². The summed E-state index contributed by atoms with van der Waals surface area (Å²) >= 11 is 0.